The van der Waals surface area contributed by atoms with Gasteiger partial charge in [-0.15, -0.1) is 0 Å². The van der Waals surface area contributed by atoms with Crippen molar-refractivity contribution in [2.75, 3.05) is 98.4 Å². The number of likely N-dealkylation sites (N-methyl/N-ethyl adjacent to an activating group) is 3. The largest absolute Gasteiger partial charge is 0.475 e. The van der Waals surface area contributed by atoms with Crippen molar-refractivity contribution >= 4 is 7.82 Å². The molecule has 0 heterocycles. The lowest BCUT2D eigenvalue weighted by Gasteiger charge is -2.37. The fourth-order valence-electron chi connectivity index (χ4n) is 4.59. The van der Waals surface area contributed by atoms with Gasteiger partial charge in [0.15, 0.2) is 0 Å². The molecule has 0 saturated heterocycles. The third kappa shape index (κ3) is 9.69. The molecule has 194 valence electrons. The van der Waals surface area contributed by atoms with Gasteiger partial charge >= 0.3 is 7.82 Å². The molecule has 0 fully saturated rings. The summed E-state index contributed by atoms with van der Waals surface area (Å²) in [7, 11) is -3.60. The molecule has 0 aliphatic rings. The van der Waals surface area contributed by atoms with E-state index in [-0.39, 0.29) is 0 Å². The van der Waals surface area contributed by atoms with Crippen molar-refractivity contribution in [3.05, 3.63) is 0 Å². The van der Waals surface area contributed by atoms with E-state index in [0.29, 0.717) is 19.8 Å². The molecule has 0 saturated carbocycles. The third-order valence-corrected chi connectivity index (χ3v) is 9.98. The van der Waals surface area contributed by atoms with Crippen molar-refractivity contribution in [1.29, 1.82) is 0 Å². The van der Waals surface area contributed by atoms with E-state index in [1.807, 2.05) is 0 Å². The lowest BCUT2D eigenvalue weighted by atomic mass is 10.3. The molecule has 0 N–H and O–H groups in total. The van der Waals surface area contributed by atoms with E-state index in [9.17, 15) is 4.57 Å². The van der Waals surface area contributed by atoms with Crippen LogP contribution in [0.1, 0.15) is 62.3 Å². The molecule has 0 aromatic rings. The van der Waals surface area contributed by atoms with Crippen molar-refractivity contribution in [2.24, 2.45) is 0 Å². The summed E-state index contributed by atoms with van der Waals surface area (Å²) < 4.78 is 34.1. The Morgan fingerprint density at radius 1 is 0.438 bits per heavy atom. The Hall–Kier alpha value is -0.0100. The topological polar surface area (TPSA) is 44.8 Å². The molecule has 0 bridgehead atoms. The number of rotatable bonds is 21. The molecule has 0 amide bonds. The summed E-state index contributed by atoms with van der Waals surface area (Å²) in [6, 6.07) is 0. The monoisotopic (exact) mass is 482 g/mol. The second kappa shape index (κ2) is 15.8. The molecule has 0 unspecified atom stereocenters. The number of phosphoric acid groups is 1. The summed E-state index contributed by atoms with van der Waals surface area (Å²) in [6.45, 7) is 32.8. The highest BCUT2D eigenvalue weighted by molar-refractivity contribution is 7.48. The highest BCUT2D eigenvalue weighted by atomic mass is 31.2. The van der Waals surface area contributed by atoms with Crippen LogP contribution in [0.15, 0.2) is 0 Å². The minimum Gasteiger partial charge on any atom is -0.322 e. The summed E-state index contributed by atoms with van der Waals surface area (Å²) in [5.74, 6) is 0. The lowest BCUT2D eigenvalue weighted by molar-refractivity contribution is -0.923. The first-order chi connectivity index (χ1) is 15.2. The van der Waals surface area contributed by atoms with Gasteiger partial charge in [0.05, 0.1) is 58.9 Å². The normalized spacial score (nSPS) is 13.7. The van der Waals surface area contributed by atoms with Crippen LogP contribution >= 0.6 is 7.82 Å². The summed E-state index contributed by atoms with van der Waals surface area (Å²) in [6.07, 6.45) is 0. The van der Waals surface area contributed by atoms with Crippen molar-refractivity contribution in [3.63, 3.8) is 0 Å². The molecule has 0 atom stereocenters. The number of phosphoric ester groups is 1. The molecule has 0 spiro atoms. The van der Waals surface area contributed by atoms with Crippen LogP contribution in [-0.4, -0.2) is 112 Å². The second-order valence-electron chi connectivity index (χ2n) is 8.99. The molecule has 0 aromatic heterocycles. The van der Waals surface area contributed by atoms with Crippen LogP contribution in [-0.2, 0) is 18.1 Å². The molecule has 32 heavy (non-hydrogen) atoms. The highest BCUT2D eigenvalue weighted by Gasteiger charge is 2.32. The molecule has 0 aliphatic carbocycles. The zero-order valence-corrected chi connectivity index (χ0v) is 23.9. The quantitative estimate of drug-likeness (QED) is 0.175. The van der Waals surface area contributed by atoms with Crippen molar-refractivity contribution in [3.8, 4) is 0 Å². The van der Waals surface area contributed by atoms with E-state index in [1.54, 1.807) is 0 Å². The van der Waals surface area contributed by atoms with Crippen LogP contribution in [0.4, 0.5) is 0 Å². The minimum absolute atomic E-state index is 0.386. The Kier molecular flexibility index (Phi) is 15.8. The second-order valence-corrected chi connectivity index (χ2v) is 10.7. The Morgan fingerprint density at radius 3 is 0.781 bits per heavy atom. The fraction of sp³-hybridized carbons (Fsp3) is 1.00. The summed E-state index contributed by atoms with van der Waals surface area (Å²) in [4.78, 5) is 0. The van der Waals surface area contributed by atoms with Gasteiger partial charge in [-0.05, 0) is 62.3 Å². The number of quaternary nitrogens is 3. The van der Waals surface area contributed by atoms with E-state index in [2.05, 4.69) is 62.3 Å². The van der Waals surface area contributed by atoms with E-state index < -0.39 is 7.82 Å². The Labute approximate surface area is 200 Å². The van der Waals surface area contributed by atoms with Gasteiger partial charge in [-0.1, -0.05) is 0 Å². The zero-order valence-electron chi connectivity index (χ0n) is 23.0. The maximum Gasteiger partial charge on any atom is 0.475 e. The number of hydrogen-bond donors (Lipinski definition) is 0. The van der Waals surface area contributed by atoms with Gasteiger partial charge in [-0.2, -0.15) is 0 Å². The number of hydrogen-bond acceptors (Lipinski definition) is 4. The van der Waals surface area contributed by atoms with Gasteiger partial charge < -0.3 is 13.4 Å². The Bertz CT molecular complexity index is 425. The van der Waals surface area contributed by atoms with E-state index in [0.717, 1.165) is 92.0 Å². The van der Waals surface area contributed by atoms with Gasteiger partial charge in [0, 0.05) is 0 Å². The Morgan fingerprint density at radius 2 is 0.625 bits per heavy atom. The van der Waals surface area contributed by atoms with Crippen LogP contribution in [0.2, 0.25) is 0 Å². The first kappa shape index (κ1) is 32.0. The predicted octanol–water partition coefficient (Wildman–Crippen LogP) is 4.77. The molecular formula is C24H57N3O4P+3. The van der Waals surface area contributed by atoms with Gasteiger partial charge in [0.1, 0.15) is 39.5 Å². The summed E-state index contributed by atoms with van der Waals surface area (Å²) in [5.41, 5.74) is 0. The Balaban J connectivity index is 5.20. The molecule has 7 nitrogen and oxygen atoms in total. The fourth-order valence-corrected chi connectivity index (χ4v) is 5.73. The lowest BCUT2D eigenvalue weighted by Crippen LogP contribution is -2.50. The molecule has 0 radical (unpaired) electrons. The average Bonchev–Trinajstić information content (AvgIpc) is 2.83. The van der Waals surface area contributed by atoms with E-state index >= 15 is 0 Å². The average molecular weight is 483 g/mol. The van der Waals surface area contributed by atoms with Crippen molar-refractivity contribution in [1.82, 2.24) is 0 Å². The van der Waals surface area contributed by atoms with Gasteiger partial charge in [-0.25, -0.2) is 4.57 Å². The van der Waals surface area contributed by atoms with Gasteiger partial charge in [-0.3, -0.25) is 13.6 Å². The van der Waals surface area contributed by atoms with Crippen LogP contribution < -0.4 is 0 Å². The standard InChI is InChI=1S/C24H57N3O4P/c1-10-25(11-2,12-3)19-22-29-32(28,30-23-20-26(13-4,14-5)15-6)31-24-21-27(16-7,17-8)18-9/h10-24H2,1-9H3/q+3. The summed E-state index contributed by atoms with van der Waals surface area (Å²) in [5, 5.41) is 0. The van der Waals surface area contributed by atoms with E-state index in [4.69, 9.17) is 13.6 Å². The maximum absolute atomic E-state index is 13.6. The van der Waals surface area contributed by atoms with Crippen LogP contribution in [0.3, 0.4) is 0 Å². The highest BCUT2D eigenvalue weighted by Crippen LogP contribution is 2.49. The maximum atomic E-state index is 13.6. The van der Waals surface area contributed by atoms with Crippen LogP contribution in [0.5, 0.6) is 0 Å². The van der Waals surface area contributed by atoms with E-state index in [1.165, 1.54) is 0 Å². The first-order valence-electron chi connectivity index (χ1n) is 13.3. The van der Waals surface area contributed by atoms with Gasteiger partial charge in [0.2, 0.25) is 0 Å². The van der Waals surface area contributed by atoms with Gasteiger partial charge in [0.25, 0.3) is 0 Å². The molecular weight excluding hydrogens is 425 g/mol. The SMILES string of the molecule is CC[N+](CC)(CC)CCOP(=O)(OCC[N+](CC)(CC)CC)OCC[N+](CC)(CC)CC. The van der Waals surface area contributed by atoms with Crippen LogP contribution in [0.25, 0.3) is 0 Å². The number of nitrogens with zero attached hydrogens (tertiary/aromatic N) is 3. The molecule has 0 rings (SSSR count). The zero-order chi connectivity index (χ0) is 24.7. The van der Waals surface area contributed by atoms with Crippen molar-refractivity contribution < 1.29 is 31.6 Å². The predicted molar refractivity (Wildman–Crippen MR) is 136 cm³/mol. The first-order valence-corrected chi connectivity index (χ1v) is 14.7. The minimum atomic E-state index is -3.60. The molecule has 0 aromatic carbocycles. The molecule has 8 heteroatoms. The third-order valence-electron chi connectivity index (χ3n) is 8.48. The smallest absolute Gasteiger partial charge is 0.322 e. The summed E-state index contributed by atoms with van der Waals surface area (Å²) >= 11 is 0. The van der Waals surface area contributed by atoms with Crippen LogP contribution in [0, 0.1) is 0 Å². The van der Waals surface area contributed by atoms with Crippen molar-refractivity contribution in [2.45, 2.75) is 62.3 Å². The molecule has 0 aliphatic heterocycles.